The van der Waals surface area contributed by atoms with Gasteiger partial charge >= 0.3 is 0 Å². The molecule has 38 heavy (non-hydrogen) atoms. The summed E-state index contributed by atoms with van der Waals surface area (Å²) >= 11 is 6.32. The Bertz CT molecular complexity index is 1650. The zero-order chi connectivity index (χ0) is 26.0. The Morgan fingerprint density at radius 2 is 1.71 bits per heavy atom. The van der Waals surface area contributed by atoms with Gasteiger partial charge in [-0.05, 0) is 47.5 Å². The number of halogens is 1. The first-order valence-electron chi connectivity index (χ1n) is 12.4. The van der Waals surface area contributed by atoms with Gasteiger partial charge in [0.15, 0.2) is 11.5 Å². The number of Topliss-reactive ketones (excluding diaryl/α,β-unsaturated/α-hetero) is 2. The smallest absolute Gasteiger partial charge is 0.238 e. The second-order valence-electron chi connectivity index (χ2n) is 9.78. The Kier molecular flexibility index (Phi) is 4.97. The van der Waals surface area contributed by atoms with Crippen LogP contribution >= 0.6 is 11.6 Å². The minimum absolute atomic E-state index is 0.109. The molecule has 4 atom stereocenters. The van der Waals surface area contributed by atoms with Crippen LogP contribution in [0.2, 0.25) is 5.02 Å². The Morgan fingerprint density at radius 1 is 0.921 bits per heavy atom. The molecule has 0 unspecified atom stereocenters. The molecule has 3 aliphatic rings. The summed E-state index contributed by atoms with van der Waals surface area (Å²) in [6.45, 7) is 0. The lowest BCUT2D eigenvalue weighted by Gasteiger charge is -2.37. The van der Waals surface area contributed by atoms with Crippen LogP contribution in [-0.4, -0.2) is 29.6 Å². The number of ketones is 2. The van der Waals surface area contributed by atoms with E-state index in [0.29, 0.717) is 21.8 Å². The lowest BCUT2D eigenvalue weighted by atomic mass is 9.64. The fraction of sp³-hybridized carbons (Fsp3) is 0.129. The van der Waals surface area contributed by atoms with Crippen molar-refractivity contribution in [2.75, 3.05) is 10.2 Å². The molecule has 6 nitrogen and oxygen atoms in total. The van der Waals surface area contributed by atoms with Crippen LogP contribution in [0.3, 0.4) is 0 Å². The van der Waals surface area contributed by atoms with Crippen LogP contribution in [0.25, 0.3) is 6.08 Å². The number of anilines is 2. The topological polar surface area (TPSA) is 79.6 Å². The maximum absolute atomic E-state index is 14.4. The number of carbonyl (C=O) groups is 3. The van der Waals surface area contributed by atoms with E-state index in [2.05, 4.69) is 5.32 Å². The fourth-order valence-electron chi connectivity index (χ4n) is 6.50. The molecule has 0 aliphatic carbocycles. The summed E-state index contributed by atoms with van der Waals surface area (Å²) < 4.78 is 5.56. The van der Waals surface area contributed by atoms with Gasteiger partial charge in [-0.1, -0.05) is 72.3 Å². The Hall–Kier alpha value is -4.42. The molecular weight excluding hydrogens is 500 g/mol. The van der Waals surface area contributed by atoms with Crippen LogP contribution in [-0.2, 0) is 10.2 Å². The van der Waals surface area contributed by atoms with E-state index in [1.807, 2.05) is 59.5 Å². The number of para-hydroxylation sites is 1. The zero-order valence-electron chi connectivity index (χ0n) is 20.0. The molecule has 3 aromatic carbocycles. The monoisotopic (exact) mass is 520 g/mol. The summed E-state index contributed by atoms with van der Waals surface area (Å²) in [5.74, 6) is -1.91. The largest absolute Gasteiger partial charge is 0.461 e. The van der Waals surface area contributed by atoms with E-state index in [9.17, 15) is 14.4 Å². The van der Waals surface area contributed by atoms with Crippen LogP contribution in [0.5, 0.6) is 0 Å². The molecule has 4 heterocycles. The average Bonchev–Trinajstić information content (AvgIpc) is 3.65. The molecule has 3 aliphatic heterocycles. The van der Waals surface area contributed by atoms with E-state index < -0.39 is 29.2 Å². The Labute approximate surface area is 223 Å². The SMILES string of the molecule is O=C(c1ccccc1)[C@@H]1[C@@H](C(=O)c2ccco2)[C@]2(C(=O)Nc3ccccc32)[C@H]2C=Cc3cc(Cl)ccc3N12. The normalized spacial score (nSPS) is 24.6. The molecule has 1 aromatic heterocycles. The van der Waals surface area contributed by atoms with Crippen molar-refractivity contribution in [1.29, 1.82) is 0 Å². The minimum atomic E-state index is -1.37. The summed E-state index contributed by atoms with van der Waals surface area (Å²) in [6.07, 6.45) is 5.26. The van der Waals surface area contributed by atoms with Crippen molar-refractivity contribution >= 4 is 46.5 Å². The second kappa shape index (κ2) is 8.30. The van der Waals surface area contributed by atoms with Crippen molar-refractivity contribution < 1.29 is 18.8 Å². The van der Waals surface area contributed by atoms with Crippen molar-refractivity contribution in [3.05, 3.63) is 125 Å². The lowest BCUT2D eigenvalue weighted by Crippen LogP contribution is -2.51. The molecule has 0 saturated carbocycles. The Morgan fingerprint density at radius 3 is 2.50 bits per heavy atom. The van der Waals surface area contributed by atoms with Crippen molar-refractivity contribution in [3.63, 3.8) is 0 Å². The highest BCUT2D eigenvalue weighted by atomic mass is 35.5. The second-order valence-corrected chi connectivity index (χ2v) is 10.2. The highest BCUT2D eigenvalue weighted by Gasteiger charge is 2.70. The minimum Gasteiger partial charge on any atom is -0.461 e. The van der Waals surface area contributed by atoms with Gasteiger partial charge in [0.05, 0.1) is 18.2 Å². The molecule has 7 heteroatoms. The van der Waals surface area contributed by atoms with Crippen molar-refractivity contribution in [1.82, 2.24) is 0 Å². The number of furan rings is 1. The maximum Gasteiger partial charge on any atom is 0.238 e. The van der Waals surface area contributed by atoms with Crippen molar-refractivity contribution in [2.24, 2.45) is 5.92 Å². The number of nitrogens with one attached hydrogen (secondary N) is 1. The van der Waals surface area contributed by atoms with Gasteiger partial charge < -0.3 is 14.6 Å². The molecule has 7 rings (SSSR count). The molecule has 1 N–H and O–H groups in total. The summed E-state index contributed by atoms with van der Waals surface area (Å²) in [6, 6.07) is 23.3. The summed E-state index contributed by atoms with van der Waals surface area (Å²) in [4.78, 5) is 44.9. The highest BCUT2D eigenvalue weighted by Crippen LogP contribution is 2.58. The summed E-state index contributed by atoms with van der Waals surface area (Å²) in [7, 11) is 0. The summed E-state index contributed by atoms with van der Waals surface area (Å²) in [5, 5.41) is 3.57. The molecule has 1 saturated heterocycles. The molecule has 0 bridgehead atoms. The Balaban J connectivity index is 1.55. The van der Waals surface area contributed by atoms with Gasteiger partial charge in [0.25, 0.3) is 0 Å². The molecule has 4 aromatic rings. The number of hydrogen-bond donors (Lipinski definition) is 1. The van der Waals surface area contributed by atoms with E-state index in [0.717, 1.165) is 11.3 Å². The number of amides is 1. The average molecular weight is 521 g/mol. The van der Waals surface area contributed by atoms with Crippen LogP contribution in [0.15, 0.2) is 102 Å². The molecular formula is C31H21ClN2O4. The third-order valence-corrected chi connectivity index (χ3v) is 8.20. The van der Waals surface area contributed by atoms with Gasteiger partial charge in [0, 0.05) is 22.0 Å². The number of carbonyl (C=O) groups excluding carboxylic acids is 3. The predicted octanol–water partition coefficient (Wildman–Crippen LogP) is 5.79. The first kappa shape index (κ1) is 22.8. The molecule has 1 spiro atoms. The maximum atomic E-state index is 14.4. The van der Waals surface area contributed by atoms with Gasteiger partial charge in [-0.15, -0.1) is 0 Å². The third-order valence-electron chi connectivity index (χ3n) is 7.97. The van der Waals surface area contributed by atoms with Gasteiger partial charge in [-0.3, -0.25) is 14.4 Å². The van der Waals surface area contributed by atoms with Crippen molar-refractivity contribution in [2.45, 2.75) is 17.5 Å². The van der Waals surface area contributed by atoms with Gasteiger partial charge in [0.1, 0.15) is 11.5 Å². The van der Waals surface area contributed by atoms with Crippen LogP contribution < -0.4 is 10.2 Å². The van der Waals surface area contributed by atoms with Crippen LogP contribution in [0.4, 0.5) is 11.4 Å². The van der Waals surface area contributed by atoms with E-state index in [-0.39, 0.29) is 17.5 Å². The third kappa shape index (κ3) is 2.98. The predicted molar refractivity (Wildman–Crippen MR) is 145 cm³/mol. The fourth-order valence-corrected chi connectivity index (χ4v) is 6.68. The molecule has 186 valence electrons. The molecule has 0 radical (unpaired) electrons. The first-order valence-corrected chi connectivity index (χ1v) is 12.7. The van der Waals surface area contributed by atoms with Gasteiger partial charge in [-0.25, -0.2) is 0 Å². The molecule has 1 amide bonds. The first-order chi connectivity index (χ1) is 18.5. The summed E-state index contributed by atoms with van der Waals surface area (Å²) in [5.41, 5.74) is 1.97. The van der Waals surface area contributed by atoms with Crippen LogP contribution in [0, 0.1) is 5.92 Å². The van der Waals surface area contributed by atoms with E-state index >= 15 is 0 Å². The van der Waals surface area contributed by atoms with Crippen molar-refractivity contribution in [3.8, 4) is 0 Å². The van der Waals surface area contributed by atoms with E-state index in [1.54, 1.807) is 42.5 Å². The number of nitrogens with zero attached hydrogens (tertiary/aromatic N) is 1. The van der Waals surface area contributed by atoms with Gasteiger partial charge in [-0.2, -0.15) is 0 Å². The van der Waals surface area contributed by atoms with Gasteiger partial charge in [0.2, 0.25) is 11.7 Å². The number of benzene rings is 3. The standard InChI is InChI=1S/C31H21ClN2O4/c32-20-13-14-23-19(17-20)12-15-25-31(21-9-4-5-10-22(21)33-30(31)37)26(29(36)24-11-6-16-38-24)27(34(23)25)28(35)18-7-2-1-3-8-18/h1-17,25-27H,(H,33,37)/t25-,26+,27+,31-/m1/s1. The number of hydrogen-bond acceptors (Lipinski definition) is 5. The van der Waals surface area contributed by atoms with E-state index in [4.69, 9.17) is 16.0 Å². The van der Waals surface area contributed by atoms with E-state index in [1.165, 1.54) is 6.26 Å². The lowest BCUT2D eigenvalue weighted by molar-refractivity contribution is -0.121. The van der Waals surface area contributed by atoms with Crippen LogP contribution in [0.1, 0.15) is 32.0 Å². The molecule has 1 fully saturated rings. The number of rotatable bonds is 4. The highest BCUT2D eigenvalue weighted by molar-refractivity contribution is 6.31. The number of fused-ring (bicyclic) bond motifs is 6. The quantitative estimate of drug-likeness (QED) is 0.345. The zero-order valence-corrected chi connectivity index (χ0v) is 20.8.